The average Bonchev–Trinajstić information content (AvgIpc) is 2.43. The van der Waals surface area contributed by atoms with E-state index < -0.39 is 0 Å². The van der Waals surface area contributed by atoms with Gasteiger partial charge in [-0.25, -0.2) is 0 Å². The molecule has 0 aliphatic rings. The summed E-state index contributed by atoms with van der Waals surface area (Å²) >= 11 is 0. The van der Waals surface area contributed by atoms with Crippen LogP contribution in [0.5, 0.6) is 0 Å². The van der Waals surface area contributed by atoms with Crippen LogP contribution in [-0.2, 0) is 11.0 Å². The Morgan fingerprint density at radius 3 is 1.81 bits per heavy atom. The van der Waals surface area contributed by atoms with Gasteiger partial charge in [-0.1, -0.05) is 34.6 Å². The highest BCUT2D eigenvalue weighted by molar-refractivity contribution is 5.32. The van der Waals surface area contributed by atoms with Crippen LogP contribution in [0.3, 0.4) is 0 Å². The highest BCUT2D eigenvalue weighted by Gasteiger charge is 2.26. The summed E-state index contributed by atoms with van der Waals surface area (Å²) in [5.41, 5.74) is 3.37. The fraction of sp³-hybridized carbons (Fsp3) is 0.733. The van der Waals surface area contributed by atoms with Crippen molar-refractivity contribution in [1.82, 2.24) is 4.57 Å². The summed E-state index contributed by atoms with van der Waals surface area (Å²) in [7, 11) is 0. The van der Waals surface area contributed by atoms with Crippen molar-refractivity contribution in [3.05, 3.63) is 23.5 Å². The van der Waals surface area contributed by atoms with Gasteiger partial charge in [-0.2, -0.15) is 0 Å². The average molecular weight is 221 g/mol. The zero-order valence-corrected chi connectivity index (χ0v) is 12.2. The molecule has 0 aliphatic carbocycles. The molecule has 0 saturated carbocycles. The van der Waals surface area contributed by atoms with Crippen LogP contribution in [0.1, 0.15) is 72.6 Å². The van der Waals surface area contributed by atoms with Crippen molar-refractivity contribution in [3.63, 3.8) is 0 Å². The molecular formula is C15H27N. The van der Waals surface area contributed by atoms with Crippen LogP contribution in [0.25, 0.3) is 0 Å². The monoisotopic (exact) mass is 221 g/mol. The normalized spacial score (nSPS) is 13.6. The van der Waals surface area contributed by atoms with E-state index in [0.29, 0.717) is 5.92 Å². The van der Waals surface area contributed by atoms with Gasteiger partial charge in [0, 0.05) is 17.4 Å². The third-order valence-corrected chi connectivity index (χ3v) is 3.00. The van der Waals surface area contributed by atoms with Crippen molar-refractivity contribution < 1.29 is 0 Å². The van der Waals surface area contributed by atoms with Crippen molar-refractivity contribution >= 4 is 0 Å². The summed E-state index contributed by atoms with van der Waals surface area (Å²) in [5, 5.41) is 0. The predicted molar refractivity (Wildman–Crippen MR) is 72.2 cm³/mol. The van der Waals surface area contributed by atoms with Gasteiger partial charge in [-0.05, 0) is 43.7 Å². The van der Waals surface area contributed by atoms with Crippen molar-refractivity contribution in [1.29, 1.82) is 0 Å². The zero-order chi connectivity index (χ0) is 12.7. The van der Waals surface area contributed by atoms with Crippen LogP contribution in [0, 0.1) is 0 Å². The SMILES string of the molecule is CC(C)c1c(C(C)(C)C)ccn1C(C)(C)C. The molecule has 0 amide bonds. The molecule has 1 aromatic rings. The maximum Gasteiger partial charge on any atom is 0.0358 e. The molecule has 1 nitrogen and oxygen atoms in total. The Balaban J connectivity index is 3.41. The summed E-state index contributed by atoms with van der Waals surface area (Å²) in [6, 6.07) is 2.29. The lowest BCUT2D eigenvalue weighted by atomic mass is 9.84. The molecule has 0 unspecified atom stereocenters. The minimum absolute atomic E-state index is 0.170. The van der Waals surface area contributed by atoms with E-state index >= 15 is 0 Å². The van der Waals surface area contributed by atoms with E-state index in [1.807, 2.05) is 0 Å². The predicted octanol–water partition coefficient (Wildman–Crippen LogP) is 4.66. The third kappa shape index (κ3) is 2.50. The van der Waals surface area contributed by atoms with Crippen molar-refractivity contribution in [3.8, 4) is 0 Å². The summed E-state index contributed by atoms with van der Waals surface area (Å²) < 4.78 is 2.43. The molecule has 16 heavy (non-hydrogen) atoms. The molecular weight excluding hydrogens is 194 g/mol. The van der Waals surface area contributed by atoms with E-state index in [9.17, 15) is 0 Å². The molecule has 1 aromatic heterocycles. The molecule has 1 heteroatoms. The first kappa shape index (κ1) is 13.3. The van der Waals surface area contributed by atoms with Gasteiger partial charge >= 0.3 is 0 Å². The van der Waals surface area contributed by atoms with E-state index in [1.54, 1.807) is 0 Å². The summed E-state index contributed by atoms with van der Waals surface area (Å²) in [4.78, 5) is 0. The smallest absolute Gasteiger partial charge is 0.0358 e. The standard InChI is InChI=1S/C15H27N/c1-11(2)13-12(14(3,4)5)9-10-16(13)15(6,7)8/h9-11H,1-8H3. The fourth-order valence-electron chi connectivity index (χ4n) is 2.25. The highest BCUT2D eigenvalue weighted by atomic mass is 15.0. The fourth-order valence-corrected chi connectivity index (χ4v) is 2.25. The van der Waals surface area contributed by atoms with Crippen LogP contribution in [-0.4, -0.2) is 4.57 Å². The molecule has 0 bridgehead atoms. The van der Waals surface area contributed by atoms with E-state index in [-0.39, 0.29) is 11.0 Å². The molecule has 0 aliphatic heterocycles. The van der Waals surface area contributed by atoms with Gasteiger partial charge in [0.25, 0.3) is 0 Å². The largest absolute Gasteiger partial charge is 0.346 e. The van der Waals surface area contributed by atoms with Gasteiger partial charge in [-0.15, -0.1) is 0 Å². The van der Waals surface area contributed by atoms with Crippen LogP contribution in [0.2, 0.25) is 0 Å². The van der Waals surface area contributed by atoms with E-state index in [0.717, 1.165) is 0 Å². The second kappa shape index (κ2) is 3.94. The van der Waals surface area contributed by atoms with Crippen molar-refractivity contribution in [2.24, 2.45) is 0 Å². The number of hydrogen-bond acceptors (Lipinski definition) is 0. The summed E-state index contributed by atoms with van der Waals surface area (Å²) in [6.45, 7) is 18.3. The molecule has 1 rings (SSSR count). The summed E-state index contributed by atoms with van der Waals surface area (Å²) in [5.74, 6) is 0.573. The zero-order valence-electron chi connectivity index (χ0n) is 12.2. The van der Waals surface area contributed by atoms with E-state index in [1.165, 1.54) is 11.3 Å². The Bertz CT molecular complexity index is 324. The van der Waals surface area contributed by atoms with Crippen molar-refractivity contribution in [2.75, 3.05) is 0 Å². The maximum atomic E-state index is 2.43. The second-order valence-corrected chi connectivity index (χ2v) is 7.06. The molecule has 0 radical (unpaired) electrons. The lowest BCUT2D eigenvalue weighted by molar-refractivity contribution is 0.377. The lowest BCUT2D eigenvalue weighted by Crippen LogP contribution is -2.25. The van der Waals surface area contributed by atoms with Gasteiger partial charge in [-0.3, -0.25) is 0 Å². The number of rotatable bonds is 1. The topological polar surface area (TPSA) is 4.93 Å². The van der Waals surface area contributed by atoms with Gasteiger partial charge < -0.3 is 4.57 Å². The third-order valence-electron chi connectivity index (χ3n) is 3.00. The van der Waals surface area contributed by atoms with E-state index in [4.69, 9.17) is 0 Å². The van der Waals surface area contributed by atoms with Crippen LogP contribution >= 0.6 is 0 Å². The molecule has 92 valence electrons. The van der Waals surface area contributed by atoms with Gasteiger partial charge in [0.2, 0.25) is 0 Å². The number of hydrogen-bond donors (Lipinski definition) is 0. The van der Waals surface area contributed by atoms with E-state index in [2.05, 4.69) is 72.2 Å². The molecule has 0 atom stereocenters. The van der Waals surface area contributed by atoms with Gasteiger partial charge in [0.1, 0.15) is 0 Å². The Hall–Kier alpha value is -0.720. The summed E-state index contributed by atoms with van der Waals surface area (Å²) in [6.07, 6.45) is 2.25. The molecule has 0 saturated heterocycles. The molecule has 1 heterocycles. The molecule has 0 fully saturated rings. The number of aromatic nitrogens is 1. The highest BCUT2D eigenvalue weighted by Crippen LogP contribution is 2.34. The molecule has 0 N–H and O–H groups in total. The second-order valence-electron chi connectivity index (χ2n) is 7.06. The minimum Gasteiger partial charge on any atom is -0.346 e. The Morgan fingerprint density at radius 1 is 1.00 bits per heavy atom. The Labute approximate surface area is 101 Å². The van der Waals surface area contributed by atoms with Crippen LogP contribution in [0.4, 0.5) is 0 Å². The molecule has 0 spiro atoms. The lowest BCUT2D eigenvalue weighted by Gasteiger charge is -2.29. The molecule has 0 aromatic carbocycles. The van der Waals surface area contributed by atoms with Gasteiger partial charge in [0.15, 0.2) is 0 Å². The first-order valence-corrected chi connectivity index (χ1v) is 6.27. The first-order valence-electron chi connectivity index (χ1n) is 6.27. The van der Waals surface area contributed by atoms with Crippen LogP contribution in [0.15, 0.2) is 12.3 Å². The quantitative estimate of drug-likeness (QED) is 0.650. The van der Waals surface area contributed by atoms with Gasteiger partial charge in [0.05, 0.1) is 0 Å². The maximum absolute atomic E-state index is 2.43. The minimum atomic E-state index is 0.170. The number of nitrogens with zero attached hydrogens (tertiary/aromatic N) is 1. The first-order chi connectivity index (χ1) is 7.05. The Kier molecular flexibility index (Phi) is 3.29. The van der Waals surface area contributed by atoms with Crippen LogP contribution < -0.4 is 0 Å². The Morgan fingerprint density at radius 2 is 1.50 bits per heavy atom. The van der Waals surface area contributed by atoms with Crippen molar-refractivity contribution in [2.45, 2.75) is 72.3 Å².